The van der Waals surface area contributed by atoms with Gasteiger partial charge in [-0.15, -0.1) is 0 Å². The predicted molar refractivity (Wildman–Crippen MR) is 70.8 cm³/mol. The lowest BCUT2D eigenvalue weighted by Gasteiger charge is -2.40. The van der Waals surface area contributed by atoms with Gasteiger partial charge in [0.05, 0.1) is 0 Å². The third-order valence-electron chi connectivity index (χ3n) is 3.79. The van der Waals surface area contributed by atoms with E-state index in [9.17, 15) is 4.79 Å². The molecule has 2 atom stereocenters. The number of likely N-dealkylation sites (tertiary alicyclic amines) is 1. The van der Waals surface area contributed by atoms with Gasteiger partial charge in [-0.05, 0) is 25.8 Å². The van der Waals surface area contributed by atoms with Gasteiger partial charge in [-0.25, -0.2) is 0 Å². The molecule has 1 amide bonds. The summed E-state index contributed by atoms with van der Waals surface area (Å²) in [7, 11) is 3.62. The highest BCUT2D eigenvalue weighted by molar-refractivity contribution is 5.76. The van der Waals surface area contributed by atoms with E-state index in [0.29, 0.717) is 19.0 Å². The summed E-state index contributed by atoms with van der Waals surface area (Å²) in [6, 6.07) is 0.836. The van der Waals surface area contributed by atoms with E-state index in [1.807, 2.05) is 14.1 Å². The van der Waals surface area contributed by atoms with Crippen molar-refractivity contribution < 1.29 is 4.79 Å². The van der Waals surface area contributed by atoms with Crippen molar-refractivity contribution in [1.29, 1.82) is 0 Å². The van der Waals surface area contributed by atoms with Crippen molar-refractivity contribution in [3.8, 4) is 0 Å². The Hall–Kier alpha value is -0.610. The fourth-order valence-electron chi connectivity index (χ4n) is 2.66. The van der Waals surface area contributed by atoms with Crippen LogP contribution in [0.15, 0.2) is 0 Å². The third kappa shape index (κ3) is 3.96. The zero-order valence-electron chi connectivity index (χ0n) is 11.5. The Labute approximate surface area is 105 Å². The van der Waals surface area contributed by atoms with Gasteiger partial charge in [-0.2, -0.15) is 0 Å². The van der Waals surface area contributed by atoms with E-state index in [0.717, 1.165) is 13.0 Å². The fourth-order valence-corrected chi connectivity index (χ4v) is 2.66. The zero-order chi connectivity index (χ0) is 12.8. The first-order valence-corrected chi connectivity index (χ1v) is 6.76. The summed E-state index contributed by atoms with van der Waals surface area (Å²) in [5.41, 5.74) is 5.86. The molecule has 1 heterocycles. The molecule has 4 nitrogen and oxygen atoms in total. The van der Waals surface area contributed by atoms with Gasteiger partial charge < -0.3 is 10.6 Å². The van der Waals surface area contributed by atoms with Gasteiger partial charge in [0.2, 0.25) is 5.91 Å². The molecule has 17 heavy (non-hydrogen) atoms. The molecule has 0 aromatic heterocycles. The van der Waals surface area contributed by atoms with Crippen molar-refractivity contribution in [1.82, 2.24) is 9.80 Å². The van der Waals surface area contributed by atoms with E-state index in [4.69, 9.17) is 5.73 Å². The van der Waals surface area contributed by atoms with Crippen molar-refractivity contribution >= 4 is 5.91 Å². The lowest BCUT2D eigenvalue weighted by Crippen LogP contribution is -2.50. The first kappa shape index (κ1) is 14.5. The average molecular weight is 241 g/mol. The monoisotopic (exact) mass is 241 g/mol. The number of hydrogen-bond donors (Lipinski definition) is 1. The number of carbonyl (C=O) groups excluding carboxylic acids is 1. The number of rotatable bonds is 5. The van der Waals surface area contributed by atoms with Crippen LogP contribution in [0.25, 0.3) is 0 Å². The molecule has 0 saturated carbocycles. The predicted octanol–water partition coefficient (Wildman–Crippen LogP) is 1.06. The molecule has 0 spiro atoms. The van der Waals surface area contributed by atoms with Crippen LogP contribution < -0.4 is 5.73 Å². The molecular weight excluding hydrogens is 214 g/mol. The van der Waals surface area contributed by atoms with Crippen LogP contribution in [0.4, 0.5) is 0 Å². The van der Waals surface area contributed by atoms with E-state index in [-0.39, 0.29) is 11.9 Å². The molecule has 0 aromatic rings. The summed E-state index contributed by atoms with van der Waals surface area (Å²) in [6.07, 6.45) is 5.52. The van der Waals surface area contributed by atoms with Gasteiger partial charge in [0.1, 0.15) is 0 Å². The van der Waals surface area contributed by atoms with Crippen molar-refractivity contribution in [2.45, 2.75) is 51.1 Å². The van der Waals surface area contributed by atoms with Gasteiger partial charge >= 0.3 is 0 Å². The smallest absolute Gasteiger partial charge is 0.223 e. The number of amides is 1. The average Bonchev–Trinajstić information content (AvgIpc) is 2.35. The Bertz CT molecular complexity index is 243. The van der Waals surface area contributed by atoms with Gasteiger partial charge in [-0.1, -0.05) is 13.3 Å². The van der Waals surface area contributed by atoms with Crippen molar-refractivity contribution in [3.05, 3.63) is 0 Å². The highest BCUT2D eigenvalue weighted by Crippen LogP contribution is 2.23. The summed E-state index contributed by atoms with van der Waals surface area (Å²) in [6.45, 7) is 3.90. The summed E-state index contributed by atoms with van der Waals surface area (Å²) < 4.78 is 0. The van der Waals surface area contributed by atoms with Crippen LogP contribution in [0.2, 0.25) is 0 Å². The first-order valence-electron chi connectivity index (χ1n) is 6.76. The molecule has 0 aromatic carbocycles. The molecule has 1 aliphatic heterocycles. The van der Waals surface area contributed by atoms with Crippen LogP contribution in [-0.4, -0.2) is 55.0 Å². The number of piperidine rings is 1. The number of nitrogens with two attached hydrogens (primary N) is 1. The molecule has 1 rings (SSSR count). The number of hydrogen-bond acceptors (Lipinski definition) is 3. The molecule has 0 aliphatic carbocycles. The van der Waals surface area contributed by atoms with Crippen LogP contribution in [0, 0.1) is 0 Å². The van der Waals surface area contributed by atoms with E-state index in [1.165, 1.54) is 19.3 Å². The van der Waals surface area contributed by atoms with Crippen molar-refractivity contribution in [2.24, 2.45) is 5.73 Å². The van der Waals surface area contributed by atoms with Crippen LogP contribution >= 0.6 is 0 Å². The summed E-state index contributed by atoms with van der Waals surface area (Å²) in [5.74, 6) is 0.181. The van der Waals surface area contributed by atoms with Gasteiger partial charge in [0.15, 0.2) is 0 Å². The molecule has 1 fully saturated rings. The van der Waals surface area contributed by atoms with Gasteiger partial charge in [-0.3, -0.25) is 9.69 Å². The lowest BCUT2D eigenvalue weighted by atomic mass is 9.96. The zero-order valence-corrected chi connectivity index (χ0v) is 11.5. The maximum Gasteiger partial charge on any atom is 0.223 e. The van der Waals surface area contributed by atoms with Crippen molar-refractivity contribution in [3.63, 3.8) is 0 Å². The summed E-state index contributed by atoms with van der Waals surface area (Å²) in [4.78, 5) is 15.9. The minimum Gasteiger partial charge on any atom is -0.349 e. The second kappa shape index (κ2) is 6.97. The van der Waals surface area contributed by atoms with Crippen LogP contribution in [0.3, 0.4) is 0 Å². The van der Waals surface area contributed by atoms with E-state index in [2.05, 4.69) is 11.8 Å². The molecule has 1 aliphatic rings. The minimum atomic E-state index is 0.181. The summed E-state index contributed by atoms with van der Waals surface area (Å²) in [5, 5.41) is 0. The SMILES string of the molecule is CCC1CCCCN1C(CN)CC(=O)N(C)C. The van der Waals surface area contributed by atoms with Gasteiger partial charge in [0.25, 0.3) is 0 Å². The first-order chi connectivity index (χ1) is 8.10. The van der Waals surface area contributed by atoms with E-state index in [1.54, 1.807) is 4.90 Å². The Morgan fingerprint density at radius 1 is 1.47 bits per heavy atom. The second-order valence-corrected chi connectivity index (χ2v) is 5.18. The fraction of sp³-hybridized carbons (Fsp3) is 0.923. The highest BCUT2D eigenvalue weighted by Gasteiger charge is 2.28. The van der Waals surface area contributed by atoms with E-state index < -0.39 is 0 Å². The molecule has 2 N–H and O–H groups in total. The maximum atomic E-state index is 11.8. The van der Waals surface area contributed by atoms with Crippen LogP contribution in [0.1, 0.15) is 39.0 Å². The molecule has 4 heteroatoms. The Kier molecular flexibility index (Phi) is 5.92. The molecule has 1 saturated heterocycles. The highest BCUT2D eigenvalue weighted by atomic mass is 16.2. The van der Waals surface area contributed by atoms with E-state index >= 15 is 0 Å². The Morgan fingerprint density at radius 2 is 2.18 bits per heavy atom. The topological polar surface area (TPSA) is 49.6 Å². The lowest BCUT2D eigenvalue weighted by molar-refractivity contribution is -0.130. The normalized spacial score (nSPS) is 23.4. The van der Waals surface area contributed by atoms with Crippen LogP contribution in [0.5, 0.6) is 0 Å². The maximum absolute atomic E-state index is 11.8. The number of carbonyl (C=O) groups is 1. The molecule has 100 valence electrons. The quantitative estimate of drug-likeness (QED) is 0.783. The largest absolute Gasteiger partial charge is 0.349 e. The standard InChI is InChI=1S/C13H27N3O/c1-4-11-7-5-6-8-16(11)12(10-14)9-13(17)15(2)3/h11-12H,4-10,14H2,1-3H3. The number of nitrogens with zero attached hydrogens (tertiary/aromatic N) is 2. The molecule has 0 radical (unpaired) electrons. The summed E-state index contributed by atoms with van der Waals surface area (Å²) >= 11 is 0. The third-order valence-corrected chi connectivity index (χ3v) is 3.79. The van der Waals surface area contributed by atoms with Crippen molar-refractivity contribution in [2.75, 3.05) is 27.2 Å². The molecule has 2 unspecified atom stereocenters. The van der Waals surface area contributed by atoms with Crippen LogP contribution in [-0.2, 0) is 4.79 Å². The van der Waals surface area contributed by atoms with Gasteiger partial charge in [0, 0.05) is 39.1 Å². The minimum absolute atomic E-state index is 0.181. The second-order valence-electron chi connectivity index (χ2n) is 5.18. The molecule has 0 bridgehead atoms. The Balaban J connectivity index is 2.61. The molecular formula is C13H27N3O. The Morgan fingerprint density at radius 3 is 2.71 bits per heavy atom.